The Labute approximate surface area is 193 Å². The minimum absolute atomic E-state index is 0. The molecule has 0 fully saturated rings. The van der Waals surface area contributed by atoms with E-state index in [1.807, 2.05) is 23.1 Å². The quantitative estimate of drug-likeness (QED) is 0.363. The molecule has 0 unspecified atom stereocenters. The summed E-state index contributed by atoms with van der Waals surface area (Å²) in [6.45, 7) is 6.60. The number of hydrogen-bond acceptors (Lipinski definition) is 3. The van der Waals surface area contributed by atoms with E-state index >= 15 is 0 Å². The number of anilines is 1. The van der Waals surface area contributed by atoms with Crippen LogP contribution in [0.1, 0.15) is 31.7 Å². The maximum Gasteiger partial charge on any atom is 0.262 e. The number of thiazole rings is 1. The molecule has 1 aliphatic rings. The molecule has 0 N–H and O–H groups in total. The van der Waals surface area contributed by atoms with Crippen LogP contribution in [-0.2, 0) is 6.54 Å². The molecule has 0 amide bonds. The van der Waals surface area contributed by atoms with Crippen LogP contribution >= 0.6 is 23.1 Å². The molecule has 1 aliphatic heterocycles. The van der Waals surface area contributed by atoms with Crippen LogP contribution in [0.3, 0.4) is 0 Å². The van der Waals surface area contributed by atoms with Gasteiger partial charge in [0.25, 0.3) is 5.01 Å². The van der Waals surface area contributed by atoms with Gasteiger partial charge in [0.2, 0.25) is 5.52 Å². The van der Waals surface area contributed by atoms with Crippen molar-refractivity contribution in [3.8, 4) is 0 Å². The minimum atomic E-state index is 0. The molecule has 0 atom stereocenters. The lowest BCUT2D eigenvalue weighted by molar-refractivity contribution is -0.668. The average Bonchev–Trinajstić information content (AvgIpc) is 3.21. The lowest BCUT2D eigenvalue weighted by atomic mass is 10.3. The molecule has 0 radical (unpaired) electrons. The Hall–Kier alpha value is -1.31. The average molecular weight is 521 g/mol. The van der Waals surface area contributed by atoms with E-state index in [4.69, 9.17) is 0 Å². The van der Waals surface area contributed by atoms with Crippen LogP contribution in [-0.4, -0.2) is 6.54 Å². The number of hydrogen-bond donors (Lipinski definition) is 0. The molecule has 5 heteroatoms. The van der Waals surface area contributed by atoms with Gasteiger partial charge in [0, 0.05) is 30.0 Å². The number of nitrogens with zero attached hydrogens (tertiary/aromatic N) is 2. The Kier molecular flexibility index (Phi) is 7.60. The normalized spacial score (nSPS) is 14.8. The van der Waals surface area contributed by atoms with Gasteiger partial charge in [0.1, 0.15) is 11.2 Å². The van der Waals surface area contributed by atoms with Crippen LogP contribution in [0.2, 0.25) is 0 Å². The predicted molar refractivity (Wildman–Crippen MR) is 119 cm³/mol. The Balaban J connectivity index is 0.00000225. The lowest BCUT2D eigenvalue weighted by Crippen LogP contribution is -3.00. The third kappa shape index (κ3) is 4.31. The molecule has 1 aromatic heterocycles. The maximum absolute atomic E-state index is 2.44. The molecule has 0 aliphatic carbocycles. The first-order chi connectivity index (χ1) is 13.3. The number of aryl methyl sites for hydroxylation is 1. The Bertz CT molecular complexity index is 1010. The van der Waals surface area contributed by atoms with Gasteiger partial charge < -0.3 is 28.9 Å². The summed E-state index contributed by atoms with van der Waals surface area (Å²) in [7, 11) is 0. The molecular weight excluding hydrogens is 495 g/mol. The first-order valence-corrected chi connectivity index (χ1v) is 11.3. The summed E-state index contributed by atoms with van der Waals surface area (Å²) in [6, 6.07) is 17.4. The summed E-state index contributed by atoms with van der Waals surface area (Å²) in [5.74, 6) is 0. The SMILES string of the molecule is CCCN1/C(=C/C=C/c2sc3ccccc3[n+]2CCC)Sc2ccccc21.[I-]. The van der Waals surface area contributed by atoms with Crippen molar-refractivity contribution >= 4 is 45.1 Å². The fourth-order valence-corrected chi connectivity index (χ4v) is 5.68. The van der Waals surface area contributed by atoms with Crippen molar-refractivity contribution in [1.82, 2.24) is 0 Å². The molecule has 0 bridgehead atoms. The van der Waals surface area contributed by atoms with Crippen molar-refractivity contribution < 1.29 is 28.5 Å². The lowest BCUT2D eigenvalue weighted by Gasteiger charge is -2.19. The highest BCUT2D eigenvalue weighted by Gasteiger charge is 2.23. The number of allylic oxidation sites excluding steroid dienone is 2. The number of fused-ring (bicyclic) bond motifs is 2. The summed E-state index contributed by atoms with van der Waals surface area (Å²) in [5.41, 5.74) is 2.68. The predicted octanol–water partition coefficient (Wildman–Crippen LogP) is 3.48. The first kappa shape index (κ1) is 21.4. The number of aromatic nitrogens is 1. The maximum atomic E-state index is 2.44. The molecule has 0 spiro atoms. The summed E-state index contributed by atoms with van der Waals surface area (Å²) < 4.78 is 3.79. The van der Waals surface area contributed by atoms with Crippen molar-refractivity contribution in [1.29, 1.82) is 0 Å². The van der Waals surface area contributed by atoms with Crippen molar-refractivity contribution in [2.75, 3.05) is 11.4 Å². The molecule has 4 rings (SSSR count). The van der Waals surface area contributed by atoms with Gasteiger partial charge >= 0.3 is 0 Å². The van der Waals surface area contributed by atoms with E-state index in [1.54, 1.807) is 0 Å². The van der Waals surface area contributed by atoms with Gasteiger partial charge in [-0.25, -0.2) is 0 Å². The highest BCUT2D eigenvalue weighted by atomic mass is 127. The number of rotatable bonds is 6. The Morgan fingerprint density at radius 2 is 1.79 bits per heavy atom. The van der Waals surface area contributed by atoms with Gasteiger partial charge in [-0.05, 0) is 30.7 Å². The fourth-order valence-electron chi connectivity index (χ4n) is 3.48. The number of halogens is 1. The molecule has 0 saturated carbocycles. The Morgan fingerprint density at radius 3 is 2.61 bits per heavy atom. The van der Waals surface area contributed by atoms with E-state index in [2.05, 4.69) is 90.1 Å². The smallest absolute Gasteiger partial charge is 0.262 e. The molecular formula is C23H25IN2S2. The second-order valence-corrected chi connectivity index (χ2v) is 8.77. The van der Waals surface area contributed by atoms with Gasteiger partial charge in [0.15, 0.2) is 0 Å². The third-order valence-electron chi connectivity index (χ3n) is 4.65. The molecule has 2 aromatic carbocycles. The topological polar surface area (TPSA) is 7.12 Å². The number of para-hydroxylation sites is 2. The summed E-state index contributed by atoms with van der Waals surface area (Å²) in [4.78, 5) is 3.79. The highest BCUT2D eigenvalue weighted by molar-refractivity contribution is 8.03. The largest absolute Gasteiger partial charge is 1.00 e. The monoisotopic (exact) mass is 520 g/mol. The third-order valence-corrected chi connectivity index (χ3v) is 6.91. The van der Waals surface area contributed by atoms with E-state index in [9.17, 15) is 0 Å². The van der Waals surface area contributed by atoms with Gasteiger partial charge in [0.05, 0.1) is 10.7 Å². The molecule has 28 heavy (non-hydrogen) atoms. The molecule has 2 nitrogen and oxygen atoms in total. The summed E-state index contributed by atoms with van der Waals surface area (Å²) >= 11 is 3.74. The van der Waals surface area contributed by atoms with Crippen molar-refractivity contribution in [2.24, 2.45) is 0 Å². The van der Waals surface area contributed by atoms with Crippen molar-refractivity contribution in [3.05, 3.63) is 70.7 Å². The van der Waals surface area contributed by atoms with Crippen LogP contribution in [0.4, 0.5) is 5.69 Å². The summed E-state index contributed by atoms with van der Waals surface area (Å²) in [6.07, 6.45) is 9.03. The van der Waals surface area contributed by atoms with Gasteiger partial charge in [-0.3, -0.25) is 0 Å². The molecule has 146 valence electrons. The van der Waals surface area contributed by atoms with E-state index < -0.39 is 0 Å². The fraction of sp³-hybridized carbons (Fsp3) is 0.261. The van der Waals surface area contributed by atoms with Crippen LogP contribution in [0.5, 0.6) is 0 Å². The van der Waals surface area contributed by atoms with Crippen LogP contribution in [0.25, 0.3) is 16.3 Å². The molecule has 3 aromatic rings. The van der Waals surface area contributed by atoms with Gasteiger partial charge in [-0.1, -0.05) is 67.3 Å². The van der Waals surface area contributed by atoms with Crippen molar-refractivity contribution in [2.45, 2.75) is 38.1 Å². The first-order valence-electron chi connectivity index (χ1n) is 9.66. The zero-order chi connectivity index (χ0) is 18.6. The molecule has 0 saturated heterocycles. The number of benzene rings is 2. The Morgan fingerprint density at radius 1 is 1.00 bits per heavy atom. The second kappa shape index (κ2) is 9.94. The van der Waals surface area contributed by atoms with E-state index in [0.717, 1.165) is 25.9 Å². The van der Waals surface area contributed by atoms with Crippen LogP contribution in [0.15, 0.2) is 70.6 Å². The number of thioether (sulfide) groups is 1. The van der Waals surface area contributed by atoms with E-state index in [1.165, 1.54) is 30.8 Å². The van der Waals surface area contributed by atoms with E-state index in [0.29, 0.717) is 0 Å². The zero-order valence-electron chi connectivity index (χ0n) is 16.3. The summed E-state index contributed by atoms with van der Waals surface area (Å²) in [5, 5.41) is 2.63. The minimum Gasteiger partial charge on any atom is -1.00 e. The van der Waals surface area contributed by atoms with Crippen LogP contribution < -0.4 is 33.4 Å². The molecule has 2 heterocycles. The zero-order valence-corrected chi connectivity index (χ0v) is 20.1. The standard InChI is InChI=1S/C23H25N2S2.HI/c1-3-16-24-18-10-5-7-12-20(18)26-22(24)14-9-15-23-25(17-4-2)19-11-6-8-13-21(19)27-23;/h5-15H,3-4,16-17H2,1-2H3;1H/q+1;/p-1. The van der Waals surface area contributed by atoms with Crippen LogP contribution in [0, 0.1) is 0 Å². The van der Waals surface area contributed by atoms with Gasteiger partial charge in [-0.15, -0.1) is 0 Å². The highest BCUT2D eigenvalue weighted by Crippen LogP contribution is 2.45. The second-order valence-electron chi connectivity index (χ2n) is 6.65. The van der Waals surface area contributed by atoms with Gasteiger partial charge in [-0.2, -0.15) is 4.57 Å². The van der Waals surface area contributed by atoms with Crippen molar-refractivity contribution in [3.63, 3.8) is 0 Å². The van der Waals surface area contributed by atoms with E-state index in [-0.39, 0.29) is 24.0 Å².